The monoisotopic (exact) mass is 366 g/mol. The fourth-order valence-corrected chi connectivity index (χ4v) is 3.62. The number of aliphatic hydroxyl groups excluding tert-OH is 1. The number of nitrogens with one attached hydrogen (secondary N) is 1. The second kappa shape index (κ2) is 6.82. The third kappa shape index (κ3) is 3.05. The van der Waals surface area contributed by atoms with Crippen LogP contribution in [0.4, 0.5) is 10.8 Å². The quantitative estimate of drug-likeness (QED) is 0.714. The summed E-state index contributed by atoms with van der Waals surface area (Å²) in [6.45, 7) is 1.96. The summed E-state index contributed by atoms with van der Waals surface area (Å²) in [6, 6.07) is 13.6. The van der Waals surface area contributed by atoms with Crippen molar-refractivity contribution >= 4 is 33.8 Å². The van der Waals surface area contributed by atoms with E-state index >= 15 is 0 Å². The van der Waals surface area contributed by atoms with Crippen LogP contribution in [0.2, 0.25) is 0 Å². The molecule has 2 aromatic carbocycles. The maximum atomic E-state index is 10.4. The molecule has 0 spiro atoms. The fraction of sp³-hybridized carbons (Fsp3) is 0.150. The van der Waals surface area contributed by atoms with Gasteiger partial charge in [-0.05, 0) is 30.7 Å². The van der Waals surface area contributed by atoms with Gasteiger partial charge in [0.1, 0.15) is 11.5 Å². The molecule has 0 aliphatic carbocycles. The molecule has 132 valence electrons. The number of rotatable bonds is 4. The lowest BCUT2D eigenvalue weighted by Gasteiger charge is -2.23. The summed E-state index contributed by atoms with van der Waals surface area (Å²) in [6.07, 6.45) is 0.892. The number of aliphatic hydroxyl groups is 1. The molecule has 4 rings (SSSR count). The minimum absolute atomic E-state index is 0.646. The number of aryl methyl sites for hydroxylation is 1. The molecule has 0 fully saturated rings. The van der Waals surface area contributed by atoms with E-state index in [2.05, 4.69) is 10.3 Å². The van der Waals surface area contributed by atoms with E-state index in [1.54, 1.807) is 7.11 Å². The summed E-state index contributed by atoms with van der Waals surface area (Å²) in [5.41, 5.74) is 4.11. The largest absolute Gasteiger partial charge is 0.495 e. The van der Waals surface area contributed by atoms with Gasteiger partial charge < -0.3 is 19.9 Å². The normalized spacial score (nSPS) is 15.7. The van der Waals surface area contributed by atoms with E-state index in [1.807, 2.05) is 60.8 Å². The van der Waals surface area contributed by atoms with Crippen LogP contribution in [0.1, 0.15) is 16.8 Å². The van der Waals surface area contributed by atoms with Gasteiger partial charge in [-0.25, -0.2) is 4.98 Å². The highest BCUT2D eigenvalue weighted by Gasteiger charge is 2.24. The summed E-state index contributed by atoms with van der Waals surface area (Å²) >= 11 is 1.46. The number of ether oxygens (including phenoxy) is 2. The Morgan fingerprint density at radius 3 is 2.88 bits per heavy atom. The molecule has 1 aliphatic rings. The summed E-state index contributed by atoms with van der Waals surface area (Å²) in [5, 5.41) is 16.3. The molecule has 0 saturated heterocycles. The minimum atomic E-state index is -1.04. The van der Waals surface area contributed by atoms with Gasteiger partial charge in [-0.2, -0.15) is 0 Å². The molecule has 0 saturated carbocycles. The first-order valence-corrected chi connectivity index (χ1v) is 9.05. The minimum Gasteiger partial charge on any atom is -0.495 e. The molecule has 1 atom stereocenters. The zero-order valence-electron chi connectivity index (χ0n) is 14.4. The number of fused-ring (bicyclic) bond motifs is 1. The first-order chi connectivity index (χ1) is 12.7. The topological polar surface area (TPSA) is 63.6 Å². The Balaban J connectivity index is 1.64. The number of hydrogen-bond donors (Lipinski definition) is 2. The Morgan fingerprint density at radius 1 is 1.19 bits per heavy atom. The average molecular weight is 366 g/mol. The van der Waals surface area contributed by atoms with Gasteiger partial charge >= 0.3 is 0 Å². The Bertz CT molecular complexity index is 981. The molecule has 0 radical (unpaired) electrons. The van der Waals surface area contributed by atoms with E-state index in [-0.39, 0.29) is 0 Å². The van der Waals surface area contributed by atoms with Crippen molar-refractivity contribution in [3.8, 4) is 11.5 Å². The second-order valence-electron chi connectivity index (χ2n) is 5.93. The van der Waals surface area contributed by atoms with E-state index < -0.39 is 6.29 Å². The molecular weight excluding hydrogens is 348 g/mol. The van der Waals surface area contributed by atoms with Crippen molar-refractivity contribution in [3.63, 3.8) is 0 Å². The van der Waals surface area contributed by atoms with Crippen LogP contribution in [0.3, 0.4) is 0 Å². The number of hydrogen-bond acceptors (Lipinski definition) is 6. The van der Waals surface area contributed by atoms with Crippen molar-refractivity contribution in [2.75, 3.05) is 12.4 Å². The zero-order valence-corrected chi connectivity index (χ0v) is 15.2. The molecule has 1 aliphatic heterocycles. The van der Waals surface area contributed by atoms with Gasteiger partial charge in [-0.3, -0.25) is 0 Å². The van der Waals surface area contributed by atoms with Crippen molar-refractivity contribution in [3.05, 3.63) is 64.7 Å². The number of nitrogens with zero attached hydrogens (tertiary/aromatic N) is 1. The Kier molecular flexibility index (Phi) is 4.36. The van der Waals surface area contributed by atoms with Crippen LogP contribution in [0, 0.1) is 6.92 Å². The van der Waals surface area contributed by atoms with E-state index in [1.165, 1.54) is 11.3 Å². The first kappa shape index (κ1) is 16.6. The summed E-state index contributed by atoms with van der Waals surface area (Å²) in [5.74, 6) is 1.46. The first-order valence-electron chi connectivity index (χ1n) is 8.17. The van der Waals surface area contributed by atoms with Gasteiger partial charge in [0.25, 0.3) is 0 Å². The highest BCUT2D eigenvalue weighted by Crippen LogP contribution is 2.37. The van der Waals surface area contributed by atoms with E-state index in [0.29, 0.717) is 22.1 Å². The molecule has 1 aromatic heterocycles. The Labute approximate surface area is 155 Å². The molecule has 1 unspecified atom stereocenters. The SMILES string of the molecule is COc1ccccc1Nc1nc(C2=Cc3cccc(C)c3OC2O)cs1. The van der Waals surface area contributed by atoms with Crippen LogP contribution in [0.25, 0.3) is 11.6 Å². The molecule has 0 bridgehead atoms. The number of benzene rings is 2. The van der Waals surface area contributed by atoms with E-state index in [0.717, 1.165) is 22.6 Å². The molecule has 6 heteroatoms. The highest BCUT2D eigenvalue weighted by molar-refractivity contribution is 7.13. The Morgan fingerprint density at radius 2 is 2.04 bits per heavy atom. The second-order valence-corrected chi connectivity index (χ2v) is 6.78. The van der Waals surface area contributed by atoms with Gasteiger partial charge in [-0.15, -0.1) is 11.3 Å². The molecule has 2 N–H and O–H groups in total. The standard InChI is InChI=1S/C20H18N2O3S/c1-12-6-5-7-13-10-14(19(23)25-18(12)13)16-11-26-20(22-16)21-15-8-3-4-9-17(15)24-2/h3-11,19,23H,1-2H3,(H,21,22). The fourth-order valence-electron chi connectivity index (χ4n) is 2.89. The van der Waals surface area contributed by atoms with Crippen molar-refractivity contribution in [1.29, 1.82) is 0 Å². The maximum absolute atomic E-state index is 10.4. The van der Waals surface area contributed by atoms with Gasteiger partial charge in [-0.1, -0.05) is 30.3 Å². The van der Waals surface area contributed by atoms with Crippen LogP contribution in [0.5, 0.6) is 11.5 Å². The summed E-state index contributed by atoms with van der Waals surface area (Å²) in [7, 11) is 1.63. The van der Waals surface area contributed by atoms with Crippen LogP contribution in [0.15, 0.2) is 47.8 Å². The van der Waals surface area contributed by atoms with Gasteiger partial charge in [0.05, 0.1) is 18.5 Å². The number of methoxy groups -OCH3 is 1. The molecule has 0 amide bonds. The van der Waals surface area contributed by atoms with Crippen molar-refractivity contribution < 1.29 is 14.6 Å². The average Bonchev–Trinajstić information content (AvgIpc) is 3.11. The maximum Gasteiger partial charge on any atom is 0.226 e. The third-order valence-corrected chi connectivity index (χ3v) is 4.96. The lowest BCUT2D eigenvalue weighted by molar-refractivity contribution is 0.0312. The molecule has 26 heavy (non-hydrogen) atoms. The Hall–Kier alpha value is -2.83. The summed E-state index contributed by atoms with van der Waals surface area (Å²) in [4.78, 5) is 4.59. The smallest absolute Gasteiger partial charge is 0.226 e. The lowest BCUT2D eigenvalue weighted by Crippen LogP contribution is -2.21. The number of aromatic nitrogens is 1. The third-order valence-electron chi connectivity index (χ3n) is 4.20. The van der Waals surface area contributed by atoms with E-state index in [9.17, 15) is 5.11 Å². The van der Waals surface area contributed by atoms with Gasteiger partial charge in [0.2, 0.25) is 6.29 Å². The van der Waals surface area contributed by atoms with Crippen LogP contribution < -0.4 is 14.8 Å². The molecule has 5 nitrogen and oxygen atoms in total. The van der Waals surface area contributed by atoms with Crippen LogP contribution in [-0.2, 0) is 0 Å². The van der Waals surface area contributed by atoms with Crippen molar-refractivity contribution in [1.82, 2.24) is 4.98 Å². The predicted octanol–water partition coefficient (Wildman–Crippen LogP) is 4.46. The predicted molar refractivity (Wildman–Crippen MR) is 104 cm³/mol. The number of thiazole rings is 1. The van der Waals surface area contributed by atoms with Crippen LogP contribution >= 0.6 is 11.3 Å². The molecule has 3 aromatic rings. The highest BCUT2D eigenvalue weighted by atomic mass is 32.1. The van der Waals surface area contributed by atoms with E-state index in [4.69, 9.17) is 9.47 Å². The van der Waals surface area contributed by atoms with Crippen LogP contribution in [-0.4, -0.2) is 23.5 Å². The lowest BCUT2D eigenvalue weighted by atomic mass is 10.0. The molecule has 2 heterocycles. The number of anilines is 2. The van der Waals surface area contributed by atoms with Gasteiger partial charge in [0, 0.05) is 16.5 Å². The van der Waals surface area contributed by atoms with Gasteiger partial charge in [0.15, 0.2) is 5.13 Å². The number of para-hydroxylation sites is 3. The van der Waals surface area contributed by atoms with Crippen molar-refractivity contribution in [2.45, 2.75) is 13.2 Å². The molecular formula is C20H18N2O3S. The van der Waals surface area contributed by atoms with Crippen molar-refractivity contribution in [2.24, 2.45) is 0 Å². The summed E-state index contributed by atoms with van der Waals surface area (Å²) < 4.78 is 11.1. The zero-order chi connectivity index (χ0) is 18.1.